The highest BCUT2D eigenvalue weighted by atomic mass is 16.5. The predicted molar refractivity (Wildman–Crippen MR) is 99.5 cm³/mol. The number of hydrazine groups is 1. The normalized spacial score (nSPS) is 11.8. The molecular formula is C20H21N3O3. The van der Waals surface area contributed by atoms with Crippen LogP contribution in [0.25, 0.3) is 10.9 Å². The molecule has 1 aromatic heterocycles. The van der Waals surface area contributed by atoms with Crippen molar-refractivity contribution in [3.8, 4) is 5.75 Å². The van der Waals surface area contributed by atoms with E-state index >= 15 is 0 Å². The molecule has 2 N–H and O–H groups in total. The minimum absolute atomic E-state index is 0.112. The third kappa shape index (κ3) is 4.22. The van der Waals surface area contributed by atoms with E-state index in [1.165, 1.54) is 0 Å². The molecule has 0 saturated heterocycles. The van der Waals surface area contributed by atoms with Crippen molar-refractivity contribution < 1.29 is 14.3 Å². The fraction of sp³-hybridized carbons (Fsp3) is 0.200. The molecule has 0 bridgehead atoms. The molecule has 134 valence electrons. The van der Waals surface area contributed by atoms with Crippen LogP contribution < -0.4 is 15.6 Å². The third-order valence-electron chi connectivity index (χ3n) is 3.99. The highest BCUT2D eigenvalue weighted by Crippen LogP contribution is 2.15. The summed E-state index contributed by atoms with van der Waals surface area (Å²) in [5, 5.41) is 1.06. The molecule has 1 heterocycles. The third-order valence-corrected chi connectivity index (χ3v) is 3.99. The number of carbonyl (C=O) groups excluding carboxylic acids is 2. The van der Waals surface area contributed by atoms with Crippen LogP contribution >= 0.6 is 0 Å². The Morgan fingerprint density at radius 3 is 2.69 bits per heavy atom. The Morgan fingerprint density at radius 1 is 1.08 bits per heavy atom. The van der Waals surface area contributed by atoms with Gasteiger partial charge in [0.2, 0.25) is 0 Å². The number of nitrogens with one attached hydrogen (secondary N) is 2. The van der Waals surface area contributed by atoms with E-state index in [1.807, 2.05) is 66.2 Å². The van der Waals surface area contributed by atoms with Crippen molar-refractivity contribution in [2.24, 2.45) is 0 Å². The summed E-state index contributed by atoms with van der Waals surface area (Å²) in [6.45, 7) is 3.69. The molecule has 0 aliphatic rings. The number of para-hydroxylation sites is 1. The van der Waals surface area contributed by atoms with E-state index in [0.717, 1.165) is 16.5 Å². The Kier molecular flexibility index (Phi) is 5.22. The Labute approximate surface area is 151 Å². The molecule has 1 atom stereocenters. The molecule has 2 aromatic carbocycles. The number of aromatic nitrogens is 1. The number of amides is 2. The lowest BCUT2D eigenvalue weighted by Gasteiger charge is -2.15. The number of hydrogen-bond donors (Lipinski definition) is 2. The summed E-state index contributed by atoms with van der Waals surface area (Å²) < 4.78 is 7.41. The summed E-state index contributed by atoms with van der Waals surface area (Å²) in [4.78, 5) is 24.2. The molecule has 3 aromatic rings. The first-order chi connectivity index (χ1) is 12.5. The van der Waals surface area contributed by atoms with Gasteiger partial charge >= 0.3 is 0 Å². The molecule has 3 rings (SSSR count). The Bertz CT molecular complexity index is 933. The van der Waals surface area contributed by atoms with Gasteiger partial charge in [-0.25, -0.2) is 0 Å². The lowest BCUT2D eigenvalue weighted by molar-refractivity contribution is -0.132. The van der Waals surface area contributed by atoms with E-state index in [9.17, 15) is 9.59 Å². The zero-order chi connectivity index (χ0) is 18.5. The van der Waals surface area contributed by atoms with Crippen molar-refractivity contribution in [3.63, 3.8) is 0 Å². The predicted octanol–water partition coefficient (Wildman–Crippen LogP) is 2.56. The number of carbonyl (C=O) groups is 2. The molecule has 6 nitrogen and oxygen atoms in total. The first-order valence-electron chi connectivity index (χ1n) is 8.39. The van der Waals surface area contributed by atoms with Crippen LogP contribution in [0.3, 0.4) is 0 Å². The van der Waals surface area contributed by atoms with Crippen molar-refractivity contribution >= 4 is 22.7 Å². The summed E-state index contributed by atoms with van der Waals surface area (Å²) in [5.74, 6) is -0.127. The van der Waals surface area contributed by atoms with Crippen LogP contribution in [0.2, 0.25) is 0 Å². The molecule has 0 saturated carbocycles. The van der Waals surface area contributed by atoms with E-state index in [0.29, 0.717) is 5.75 Å². The van der Waals surface area contributed by atoms with E-state index in [4.69, 9.17) is 4.74 Å². The number of aryl methyl sites for hydroxylation is 1. The molecule has 0 spiro atoms. The first-order valence-corrected chi connectivity index (χ1v) is 8.39. The number of nitrogens with zero attached hydrogens (tertiary/aromatic N) is 1. The maximum atomic E-state index is 12.1. The van der Waals surface area contributed by atoms with Crippen molar-refractivity contribution in [2.45, 2.75) is 26.5 Å². The van der Waals surface area contributed by atoms with Crippen molar-refractivity contribution in [2.75, 3.05) is 0 Å². The van der Waals surface area contributed by atoms with E-state index in [2.05, 4.69) is 10.9 Å². The summed E-state index contributed by atoms with van der Waals surface area (Å²) in [7, 11) is 0. The van der Waals surface area contributed by atoms with Gasteiger partial charge in [-0.15, -0.1) is 0 Å². The number of ether oxygens (including phenoxy) is 1. The Balaban J connectivity index is 1.51. The van der Waals surface area contributed by atoms with E-state index in [1.54, 1.807) is 13.0 Å². The molecule has 6 heteroatoms. The molecular weight excluding hydrogens is 330 g/mol. The second kappa shape index (κ2) is 7.74. The van der Waals surface area contributed by atoms with Crippen LogP contribution in [0.15, 0.2) is 60.8 Å². The number of hydrogen-bond acceptors (Lipinski definition) is 3. The average Bonchev–Trinajstić information content (AvgIpc) is 3.02. The van der Waals surface area contributed by atoms with Gasteiger partial charge in [0.25, 0.3) is 11.8 Å². The highest BCUT2D eigenvalue weighted by molar-refractivity contribution is 5.86. The number of benzene rings is 2. The van der Waals surface area contributed by atoms with Gasteiger partial charge in [0, 0.05) is 11.7 Å². The van der Waals surface area contributed by atoms with Crippen molar-refractivity contribution in [3.05, 3.63) is 66.4 Å². The molecule has 0 aliphatic carbocycles. The molecule has 0 fully saturated rings. The van der Waals surface area contributed by atoms with Crippen LogP contribution in [0.4, 0.5) is 0 Å². The maximum Gasteiger partial charge on any atom is 0.279 e. The van der Waals surface area contributed by atoms with Gasteiger partial charge in [0.15, 0.2) is 6.10 Å². The fourth-order valence-corrected chi connectivity index (χ4v) is 2.65. The molecule has 1 unspecified atom stereocenters. The van der Waals surface area contributed by atoms with Gasteiger partial charge in [0.05, 0.1) is 0 Å². The molecule has 26 heavy (non-hydrogen) atoms. The quantitative estimate of drug-likeness (QED) is 0.694. The smallest absolute Gasteiger partial charge is 0.279 e. The minimum atomic E-state index is -0.732. The number of fused-ring (bicyclic) bond motifs is 1. The highest BCUT2D eigenvalue weighted by Gasteiger charge is 2.15. The van der Waals surface area contributed by atoms with Crippen LogP contribution in [0.5, 0.6) is 5.75 Å². The molecule has 0 radical (unpaired) electrons. The number of rotatable bonds is 5. The van der Waals surface area contributed by atoms with Crippen LogP contribution in [-0.4, -0.2) is 22.5 Å². The fourth-order valence-electron chi connectivity index (χ4n) is 2.65. The minimum Gasteiger partial charge on any atom is -0.481 e. The molecule has 0 aliphatic heterocycles. The Morgan fingerprint density at radius 2 is 1.88 bits per heavy atom. The van der Waals surface area contributed by atoms with E-state index < -0.39 is 12.0 Å². The zero-order valence-corrected chi connectivity index (χ0v) is 14.7. The second-order valence-electron chi connectivity index (χ2n) is 6.12. The van der Waals surface area contributed by atoms with Gasteiger partial charge in [0.1, 0.15) is 12.3 Å². The monoisotopic (exact) mass is 351 g/mol. The van der Waals surface area contributed by atoms with Crippen molar-refractivity contribution in [1.82, 2.24) is 15.4 Å². The van der Waals surface area contributed by atoms with Crippen LogP contribution in [-0.2, 0) is 16.1 Å². The van der Waals surface area contributed by atoms with Gasteiger partial charge in [-0.05, 0) is 49.1 Å². The van der Waals surface area contributed by atoms with Crippen molar-refractivity contribution in [1.29, 1.82) is 0 Å². The SMILES string of the molecule is Cc1cccc(OC(C)C(=O)NNC(=O)Cn2ccc3ccccc32)c1. The van der Waals surface area contributed by atoms with Crippen LogP contribution in [0.1, 0.15) is 12.5 Å². The van der Waals surface area contributed by atoms with Gasteiger partial charge in [-0.3, -0.25) is 20.4 Å². The zero-order valence-electron chi connectivity index (χ0n) is 14.7. The summed E-state index contributed by atoms with van der Waals surface area (Å²) in [6.07, 6.45) is 1.11. The maximum absolute atomic E-state index is 12.1. The largest absolute Gasteiger partial charge is 0.481 e. The van der Waals surface area contributed by atoms with E-state index in [-0.39, 0.29) is 12.5 Å². The van der Waals surface area contributed by atoms with Crippen LogP contribution in [0, 0.1) is 6.92 Å². The average molecular weight is 351 g/mol. The molecule has 2 amide bonds. The summed E-state index contributed by atoms with van der Waals surface area (Å²) in [6, 6.07) is 17.2. The Hall–Kier alpha value is -3.28. The lowest BCUT2D eigenvalue weighted by atomic mass is 10.2. The summed E-state index contributed by atoms with van der Waals surface area (Å²) >= 11 is 0. The lowest BCUT2D eigenvalue weighted by Crippen LogP contribution is -2.48. The van der Waals surface area contributed by atoms with Gasteiger partial charge in [-0.2, -0.15) is 0 Å². The summed E-state index contributed by atoms with van der Waals surface area (Å²) in [5.41, 5.74) is 6.83. The van der Waals surface area contributed by atoms with Gasteiger partial charge in [-0.1, -0.05) is 30.3 Å². The standard InChI is InChI=1S/C20H21N3O3/c1-14-6-5-8-17(12-14)26-15(2)20(25)22-21-19(24)13-23-11-10-16-7-3-4-9-18(16)23/h3-12,15H,13H2,1-2H3,(H,21,24)(H,22,25). The topological polar surface area (TPSA) is 72.4 Å². The first kappa shape index (κ1) is 17.5. The second-order valence-corrected chi connectivity index (χ2v) is 6.12. The van der Waals surface area contributed by atoms with Gasteiger partial charge < -0.3 is 9.30 Å².